The van der Waals surface area contributed by atoms with Gasteiger partial charge in [-0.15, -0.1) is 0 Å². The molecular formula is C12H12Cl2N2O3. The predicted molar refractivity (Wildman–Crippen MR) is 71.1 cm³/mol. The van der Waals surface area contributed by atoms with E-state index < -0.39 is 17.5 Å². The van der Waals surface area contributed by atoms with Crippen LogP contribution in [-0.4, -0.2) is 35.1 Å². The Kier molecular flexibility index (Phi) is 3.71. The maximum Gasteiger partial charge on any atom is 0.325 e. The first-order valence-electron chi connectivity index (χ1n) is 5.60. The summed E-state index contributed by atoms with van der Waals surface area (Å²) >= 11 is 11.9. The quantitative estimate of drug-likeness (QED) is 0.836. The average Bonchev–Trinajstić information content (AvgIpc) is 2.54. The lowest BCUT2D eigenvalue weighted by atomic mass is 9.92. The minimum absolute atomic E-state index is 0.0501. The third kappa shape index (κ3) is 2.29. The number of nitrogens with zero attached hydrogens (tertiary/aromatic N) is 1. The first kappa shape index (κ1) is 14.1. The van der Waals surface area contributed by atoms with Gasteiger partial charge in [-0.2, -0.15) is 0 Å². The van der Waals surface area contributed by atoms with Crippen LogP contribution in [0.2, 0.25) is 10.0 Å². The van der Waals surface area contributed by atoms with Crippen LogP contribution >= 0.6 is 23.2 Å². The molecule has 1 fully saturated rings. The number of imide groups is 1. The summed E-state index contributed by atoms with van der Waals surface area (Å²) in [6.07, 6.45) is 0. The number of hydrogen-bond acceptors (Lipinski definition) is 3. The topological polar surface area (TPSA) is 69.6 Å². The van der Waals surface area contributed by atoms with Gasteiger partial charge in [0.1, 0.15) is 5.54 Å². The molecule has 1 aromatic rings. The summed E-state index contributed by atoms with van der Waals surface area (Å²) in [6.45, 7) is 1.23. The van der Waals surface area contributed by atoms with Gasteiger partial charge < -0.3 is 10.4 Å². The fraction of sp³-hybridized carbons (Fsp3) is 0.333. The lowest BCUT2D eigenvalue weighted by molar-refractivity contribution is -0.131. The number of carbonyl (C=O) groups excluding carboxylic acids is 2. The Hall–Kier alpha value is -1.30. The number of carbonyl (C=O) groups is 2. The lowest BCUT2D eigenvalue weighted by Crippen LogP contribution is -2.41. The molecule has 1 aromatic carbocycles. The average molecular weight is 303 g/mol. The van der Waals surface area contributed by atoms with Crippen molar-refractivity contribution < 1.29 is 14.7 Å². The van der Waals surface area contributed by atoms with E-state index in [0.717, 1.165) is 4.90 Å². The number of hydrogen-bond donors (Lipinski definition) is 2. The maximum atomic E-state index is 12.3. The monoisotopic (exact) mass is 302 g/mol. The van der Waals surface area contributed by atoms with Gasteiger partial charge in [-0.3, -0.25) is 9.69 Å². The van der Waals surface area contributed by atoms with Crippen molar-refractivity contribution in [3.05, 3.63) is 33.8 Å². The Balaban J connectivity index is 2.43. The Labute approximate surface area is 120 Å². The van der Waals surface area contributed by atoms with E-state index in [9.17, 15) is 9.59 Å². The number of aliphatic hydroxyl groups is 1. The zero-order chi connectivity index (χ0) is 14.2. The van der Waals surface area contributed by atoms with E-state index in [1.807, 2.05) is 0 Å². The molecule has 1 aliphatic rings. The Morgan fingerprint density at radius 3 is 2.63 bits per heavy atom. The second-order valence-corrected chi connectivity index (χ2v) is 5.20. The summed E-state index contributed by atoms with van der Waals surface area (Å²) in [5.74, 6) is -0.448. The van der Waals surface area contributed by atoms with Gasteiger partial charge in [0.2, 0.25) is 0 Å². The second kappa shape index (κ2) is 5.00. The van der Waals surface area contributed by atoms with Gasteiger partial charge in [0, 0.05) is 15.6 Å². The number of rotatable bonds is 3. The number of benzene rings is 1. The van der Waals surface area contributed by atoms with Crippen molar-refractivity contribution in [1.29, 1.82) is 0 Å². The van der Waals surface area contributed by atoms with Crippen molar-refractivity contribution in [3.63, 3.8) is 0 Å². The smallest absolute Gasteiger partial charge is 0.325 e. The highest BCUT2D eigenvalue weighted by Gasteiger charge is 2.49. The zero-order valence-corrected chi connectivity index (χ0v) is 11.6. The van der Waals surface area contributed by atoms with Gasteiger partial charge in [-0.1, -0.05) is 29.3 Å². The van der Waals surface area contributed by atoms with Crippen LogP contribution in [0.3, 0.4) is 0 Å². The largest absolute Gasteiger partial charge is 0.395 e. The van der Waals surface area contributed by atoms with Crippen molar-refractivity contribution >= 4 is 35.1 Å². The molecule has 1 saturated heterocycles. The van der Waals surface area contributed by atoms with E-state index in [0.29, 0.717) is 15.6 Å². The summed E-state index contributed by atoms with van der Waals surface area (Å²) in [7, 11) is 0. The SMILES string of the molecule is CC1(c2ccc(Cl)cc2Cl)NC(=O)N(CCO)C1=O. The Bertz CT molecular complexity index is 550. The van der Waals surface area contributed by atoms with Crippen LogP contribution in [0.25, 0.3) is 0 Å². The predicted octanol–water partition coefficient (Wildman–Crippen LogP) is 1.75. The van der Waals surface area contributed by atoms with Gasteiger partial charge in [0.25, 0.3) is 5.91 Å². The first-order valence-corrected chi connectivity index (χ1v) is 6.36. The summed E-state index contributed by atoms with van der Waals surface area (Å²) < 4.78 is 0. The number of β-amino-alcohol motifs (C(OH)–C–C–N with tert-alkyl or cyclic N) is 1. The molecule has 102 valence electrons. The summed E-state index contributed by atoms with van der Waals surface area (Å²) in [5.41, 5.74) is -0.772. The van der Waals surface area contributed by atoms with E-state index in [4.69, 9.17) is 28.3 Å². The van der Waals surface area contributed by atoms with E-state index >= 15 is 0 Å². The van der Waals surface area contributed by atoms with E-state index in [1.54, 1.807) is 19.1 Å². The lowest BCUT2D eigenvalue weighted by Gasteiger charge is -2.23. The van der Waals surface area contributed by atoms with Gasteiger partial charge in [0.05, 0.1) is 13.2 Å². The minimum Gasteiger partial charge on any atom is -0.395 e. The fourth-order valence-electron chi connectivity index (χ4n) is 2.08. The molecule has 1 aliphatic heterocycles. The molecule has 2 rings (SSSR count). The van der Waals surface area contributed by atoms with Crippen molar-refractivity contribution in [2.75, 3.05) is 13.2 Å². The molecule has 7 heteroatoms. The highest BCUT2D eigenvalue weighted by Crippen LogP contribution is 2.34. The number of urea groups is 1. The Morgan fingerprint density at radius 2 is 2.05 bits per heavy atom. The fourth-order valence-corrected chi connectivity index (χ4v) is 2.68. The molecule has 0 radical (unpaired) electrons. The van der Waals surface area contributed by atoms with Crippen molar-refractivity contribution in [2.24, 2.45) is 0 Å². The van der Waals surface area contributed by atoms with Crippen LogP contribution in [0.15, 0.2) is 18.2 Å². The molecule has 1 heterocycles. The molecule has 0 bridgehead atoms. The number of halogens is 2. The van der Waals surface area contributed by atoms with Gasteiger partial charge in [0.15, 0.2) is 0 Å². The first-order chi connectivity index (χ1) is 8.90. The van der Waals surface area contributed by atoms with E-state index in [2.05, 4.69) is 5.32 Å². The molecule has 19 heavy (non-hydrogen) atoms. The highest BCUT2D eigenvalue weighted by atomic mass is 35.5. The van der Waals surface area contributed by atoms with Gasteiger partial charge in [-0.25, -0.2) is 4.79 Å². The molecule has 1 atom stereocenters. The standard InChI is InChI=1S/C12H12Cl2N2O3/c1-12(8-3-2-7(13)6-9(8)14)10(18)16(4-5-17)11(19)15-12/h2-3,6,17H,4-5H2,1H3,(H,15,19). The van der Waals surface area contributed by atoms with Crippen molar-refractivity contribution in [3.8, 4) is 0 Å². The van der Waals surface area contributed by atoms with Crippen LogP contribution in [0.5, 0.6) is 0 Å². The third-order valence-corrected chi connectivity index (χ3v) is 3.62. The summed E-state index contributed by atoms with van der Waals surface area (Å²) in [5, 5.41) is 12.2. The molecule has 0 spiro atoms. The van der Waals surface area contributed by atoms with E-state index in [1.165, 1.54) is 6.07 Å². The molecule has 0 aromatic heterocycles. The Morgan fingerprint density at radius 1 is 1.37 bits per heavy atom. The normalized spacial score (nSPS) is 22.8. The van der Waals surface area contributed by atoms with E-state index in [-0.39, 0.29) is 13.2 Å². The summed E-state index contributed by atoms with van der Waals surface area (Å²) in [4.78, 5) is 25.0. The van der Waals surface area contributed by atoms with Crippen LogP contribution in [0, 0.1) is 0 Å². The van der Waals surface area contributed by atoms with Crippen LogP contribution < -0.4 is 5.32 Å². The number of aliphatic hydroxyl groups excluding tert-OH is 1. The van der Waals surface area contributed by atoms with Crippen LogP contribution in [0.1, 0.15) is 12.5 Å². The maximum absolute atomic E-state index is 12.3. The highest BCUT2D eigenvalue weighted by molar-refractivity contribution is 6.35. The number of amides is 3. The van der Waals surface area contributed by atoms with Gasteiger partial charge in [-0.05, 0) is 19.1 Å². The third-order valence-electron chi connectivity index (χ3n) is 3.07. The van der Waals surface area contributed by atoms with Crippen molar-refractivity contribution in [1.82, 2.24) is 10.2 Å². The molecule has 5 nitrogen and oxygen atoms in total. The summed E-state index contributed by atoms with van der Waals surface area (Å²) in [6, 6.07) is 4.17. The molecule has 2 N–H and O–H groups in total. The minimum atomic E-state index is -1.24. The molecule has 0 aliphatic carbocycles. The second-order valence-electron chi connectivity index (χ2n) is 4.36. The zero-order valence-electron chi connectivity index (χ0n) is 10.1. The number of nitrogens with one attached hydrogen (secondary N) is 1. The molecule has 0 saturated carbocycles. The molecule has 3 amide bonds. The molecular weight excluding hydrogens is 291 g/mol. The van der Waals surface area contributed by atoms with Crippen LogP contribution in [-0.2, 0) is 10.3 Å². The van der Waals surface area contributed by atoms with Gasteiger partial charge >= 0.3 is 6.03 Å². The molecule has 1 unspecified atom stereocenters. The van der Waals surface area contributed by atoms with Crippen LogP contribution in [0.4, 0.5) is 4.79 Å². The van der Waals surface area contributed by atoms with Crippen molar-refractivity contribution in [2.45, 2.75) is 12.5 Å².